The molecule has 1 unspecified atom stereocenters. The molecule has 2 N–H and O–H groups in total. The van der Waals surface area contributed by atoms with E-state index >= 15 is 0 Å². The lowest BCUT2D eigenvalue weighted by molar-refractivity contribution is -0.142. The number of phenols is 1. The van der Waals surface area contributed by atoms with Crippen LogP contribution >= 0.6 is 0 Å². The monoisotopic (exact) mass is 249 g/mol. The molecular formula is C14H19NO3. The number of hydrogen-bond donors (Lipinski definition) is 2. The van der Waals surface area contributed by atoms with E-state index in [4.69, 9.17) is 4.74 Å². The highest BCUT2D eigenvalue weighted by molar-refractivity contribution is 5.75. The average Bonchev–Trinajstić information content (AvgIpc) is 2.38. The number of carbonyl (C=O) groups excluding carboxylic acids is 1. The van der Waals surface area contributed by atoms with Crippen LogP contribution in [0.2, 0.25) is 0 Å². The Morgan fingerprint density at radius 3 is 3.06 bits per heavy atom. The van der Waals surface area contributed by atoms with Crippen LogP contribution in [0.5, 0.6) is 5.75 Å². The van der Waals surface area contributed by atoms with E-state index in [1.165, 1.54) is 12.7 Å². The van der Waals surface area contributed by atoms with Gasteiger partial charge in [-0.05, 0) is 49.4 Å². The minimum absolute atomic E-state index is 0.106. The zero-order chi connectivity index (χ0) is 13.1. The summed E-state index contributed by atoms with van der Waals surface area (Å²) in [5, 5.41) is 12.8. The fourth-order valence-corrected chi connectivity index (χ4v) is 2.51. The van der Waals surface area contributed by atoms with Crippen molar-refractivity contribution < 1.29 is 14.6 Å². The van der Waals surface area contributed by atoms with E-state index in [9.17, 15) is 9.90 Å². The molecule has 0 fully saturated rings. The molecule has 1 aromatic carbocycles. The van der Waals surface area contributed by atoms with Crippen molar-refractivity contribution in [2.45, 2.75) is 38.3 Å². The van der Waals surface area contributed by atoms with E-state index in [-0.39, 0.29) is 23.8 Å². The fraction of sp³-hybridized carbons (Fsp3) is 0.500. The molecule has 2 rings (SSSR count). The topological polar surface area (TPSA) is 58.6 Å². The number of carbonyl (C=O) groups is 1. The predicted octanol–water partition coefficient (Wildman–Crippen LogP) is 1.92. The zero-order valence-corrected chi connectivity index (χ0v) is 10.8. The van der Waals surface area contributed by atoms with Gasteiger partial charge in [0.2, 0.25) is 0 Å². The minimum Gasteiger partial charge on any atom is -0.508 e. The molecule has 1 aliphatic carbocycles. The van der Waals surface area contributed by atoms with Crippen LogP contribution in [0, 0.1) is 0 Å². The molecule has 0 aliphatic heterocycles. The lowest BCUT2D eigenvalue weighted by Crippen LogP contribution is -2.38. The molecule has 18 heavy (non-hydrogen) atoms. The Morgan fingerprint density at radius 2 is 2.33 bits per heavy atom. The second kappa shape index (κ2) is 5.40. The van der Waals surface area contributed by atoms with Crippen LogP contribution < -0.4 is 5.32 Å². The highest BCUT2D eigenvalue weighted by Crippen LogP contribution is 2.32. The minimum atomic E-state index is -0.340. The van der Waals surface area contributed by atoms with Crippen molar-refractivity contribution in [2.75, 3.05) is 7.11 Å². The van der Waals surface area contributed by atoms with Gasteiger partial charge in [-0.1, -0.05) is 6.07 Å². The number of benzene rings is 1. The first kappa shape index (κ1) is 12.9. The molecule has 0 saturated carbocycles. The van der Waals surface area contributed by atoms with Crippen molar-refractivity contribution in [1.29, 1.82) is 0 Å². The molecule has 0 radical (unpaired) electrons. The zero-order valence-electron chi connectivity index (χ0n) is 10.8. The van der Waals surface area contributed by atoms with Crippen LogP contribution in [0.3, 0.4) is 0 Å². The van der Waals surface area contributed by atoms with Gasteiger partial charge in [0, 0.05) is 6.04 Å². The Morgan fingerprint density at radius 1 is 1.56 bits per heavy atom. The van der Waals surface area contributed by atoms with Gasteiger partial charge < -0.3 is 9.84 Å². The van der Waals surface area contributed by atoms with Gasteiger partial charge in [-0.2, -0.15) is 0 Å². The van der Waals surface area contributed by atoms with Gasteiger partial charge in [0.05, 0.1) is 7.11 Å². The third-order valence-electron chi connectivity index (χ3n) is 3.45. The SMILES string of the molecule is COC(=O)[C@H](C)NC1CCCc2ccc(O)cc21. The number of ether oxygens (including phenoxy) is 1. The summed E-state index contributed by atoms with van der Waals surface area (Å²) >= 11 is 0. The van der Waals surface area contributed by atoms with Gasteiger partial charge in [0.15, 0.2) is 0 Å². The summed E-state index contributed by atoms with van der Waals surface area (Å²) in [6.07, 6.45) is 3.08. The Bertz CT molecular complexity index is 445. The number of aromatic hydroxyl groups is 1. The maximum absolute atomic E-state index is 11.4. The van der Waals surface area contributed by atoms with Crippen molar-refractivity contribution in [2.24, 2.45) is 0 Å². The third-order valence-corrected chi connectivity index (χ3v) is 3.45. The molecule has 4 nitrogen and oxygen atoms in total. The van der Waals surface area contributed by atoms with Gasteiger partial charge in [-0.25, -0.2) is 0 Å². The second-order valence-electron chi connectivity index (χ2n) is 4.74. The molecule has 0 aromatic heterocycles. The summed E-state index contributed by atoms with van der Waals surface area (Å²) in [5.41, 5.74) is 2.34. The number of fused-ring (bicyclic) bond motifs is 1. The second-order valence-corrected chi connectivity index (χ2v) is 4.74. The van der Waals surface area contributed by atoms with E-state index in [0.29, 0.717) is 0 Å². The van der Waals surface area contributed by atoms with E-state index in [1.807, 2.05) is 6.07 Å². The van der Waals surface area contributed by atoms with Gasteiger partial charge in [-0.15, -0.1) is 0 Å². The van der Waals surface area contributed by atoms with Crippen LogP contribution in [0.1, 0.15) is 36.9 Å². The number of aryl methyl sites for hydroxylation is 1. The smallest absolute Gasteiger partial charge is 0.322 e. The van der Waals surface area contributed by atoms with Crippen molar-refractivity contribution >= 4 is 5.97 Å². The number of methoxy groups -OCH3 is 1. The van der Waals surface area contributed by atoms with Crippen molar-refractivity contribution in [3.05, 3.63) is 29.3 Å². The van der Waals surface area contributed by atoms with E-state index in [1.54, 1.807) is 19.1 Å². The van der Waals surface area contributed by atoms with Crippen molar-refractivity contribution in [3.8, 4) is 5.75 Å². The standard InChI is InChI=1S/C14H19NO3/c1-9(14(17)18-2)15-13-5-3-4-10-6-7-11(16)8-12(10)13/h6-9,13,15-16H,3-5H2,1-2H3/t9-,13?/m0/s1. The first-order chi connectivity index (χ1) is 8.61. The van der Waals surface area contributed by atoms with Crippen LogP contribution in [-0.4, -0.2) is 24.2 Å². The first-order valence-electron chi connectivity index (χ1n) is 6.27. The summed E-state index contributed by atoms with van der Waals surface area (Å²) in [5.74, 6) is 0.00967. The molecule has 2 atom stereocenters. The Labute approximate surface area is 107 Å². The quantitative estimate of drug-likeness (QED) is 0.804. The third kappa shape index (κ3) is 2.64. The van der Waals surface area contributed by atoms with Crippen LogP contribution in [0.15, 0.2) is 18.2 Å². The summed E-state index contributed by atoms with van der Waals surface area (Å²) in [7, 11) is 1.39. The molecule has 0 heterocycles. The molecule has 4 heteroatoms. The molecule has 1 aliphatic rings. The van der Waals surface area contributed by atoms with Crippen LogP contribution in [0.4, 0.5) is 0 Å². The van der Waals surface area contributed by atoms with Gasteiger partial charge in [0.25, 0.3) is 0 Å². The number of nitrogens with one attached hydrogen (secondary N) is 1. The van der Waals surface area contributed by atoms with E-state index < -0.39 is 0 Å². The van der Waals surface area contributed by atoms with Crippen molar-refractivity contribution in [3.63, 3.8) is 0 Å². The average molecular weight is 249 g/mol. The lowest BCUT2D eigenvalue weighted by Gasteiger charge is -2.28. The summed E-state index contributed by atoms with van der Waals surface area (Å²) in [6, 6.07) is 5.23. The van der Waals surface area contributed by atoms with E-state index in [0.717, 1.165) is 24.8 Å². The van der Waals surface area contributed by atoms with Crippen LogP contribution in [-0.2, 0) is 16.0 Å². The maximum Gasteiger partial charge on any atom is 0.322 e. The number of phenolic OH excluding ortho intramolecular Hbond substituents is 1. The van der Waals surface area contributed by atoms with E-state index in [2.05, 4.69) is 5.32 Å². The first-order valence-corrected chi connectivity index (χ1v) is 6.27. The Kier molecular flexibility index (Phi) is 3.87. The number of esters is 1. The number of hydrogen-bond acceptors (Lipinski definition) is 4. The maximum atomic E-state index is 11.4. The Hall–Kier alpha value is -1.55. The van der Waals surface area contributed by atoms with Crippen LogP contribution in [0.25, 0.3) is 0 Å². The molecule has 0 spiro atoms. The van der Waals surface area contributed by atoms with Crippen molar-refractivity contribution in [1.82, 2.24) is 5.32 Å². The fourth-order valence-electron chi connectivity index (χ4n) is 2.51. The van der Waals surface area contributed by atoms with Gasteiger partial charge in [0.1, 0.15) is 11.8 Å². The molecule has 0 saturated heterocycles. The normalized spacial score (nSPS) is 20.0. The lowest BCUT2D eigenvalue weighted by atomic mass is 9.87. The molecular weight excluding hydrogens is 230 g/mol. The summed E-state index contributed by atoms with van der Waals surface area (Å²) in [4.78, 5) is 11.4. The molecule has 98 valence electrons. The highest BCUT2D eigenvalue weighted by atomic mass is 16.5. The number of rotatable bonds is 3. The summed E-state index contributed by atoms with van der Waals surface area (Å²) in [6.45, 7) is 1.79. The molecule has 0 amide bonds. The Balaban J connectivity index is 2.17. The summed E-state index contributed by atoms with van der Waals surface area (Å²) < 4.78 is 4.71. The van der Waals surface area contributed by atoms with Gasteiger partial charge in [-0.3, -0.25) is 10.1 Å². The molecule has 0 bridgehead atoms. The molecule has 1 aromatic rings. The highest BCUT2D eigenvalue weighted by Gasteiger charge is 2.24. The van der Waals surface area contributed by atoms with Gasteiger partial charge >= 0.3 is 5.97 Å². The largest absolute Gasteiger partial charge is 0.508 e. The predicted molar refractivity (Wildman–Crippen MR) is 68.4 cm³/mol.